The molecule has 88 valence electrons. The molecule has 0 spiro atoms. The number of nitrogens with one attached hydrogen (secondary N) is 1. The van der Waals surface area contributed by atoms with Crippen LogP contribution in [0.5, 0.6) is 0 Å². The third-order valence-corrected chi connectivity index (χ3v) is 2.75. The Hall–Kier alpha value is -1.20. The zero-order chi connectivity index (χ0) is 11.5. The second-order valence-corrected chi connectivity index (χ2v) is 3.83. The fraction of sp³-hybridized carbons (Fsp3) is 0.636. The third kappa shape index (κ3) is 2.15. The highest BCUT2D eigenvalue weighted by Crippen LogP contribution is 2.21. The van der Waals surface area contributed by atoms with Crippen LogP contribution in [0.3, 0.4) is 0 Å². The summed E-state index contributed by atoms with van der Waals surface area (Å²) in [5.74, 6) is 1.56. The molecule has 0 saturated carbocycles. The molecule has 0 radical (unpaired) electrons. The van der Waals surface area contributed by atoms with Gasteiger partial charge in [0.25, 0.3) is 0 Å². The van der Waals surface area contributed by atoms with Gasteiger partial charge < -0.3 is 14.8 Å². The second kappa shape index (κ2) is 4.76. The molecule has 0 aliphatic carbocycles. The van der Waals surface area contributed by atoms with Gasteiger partial charge in [0.05, 0.1) is 19.8 Å². The Bertz CT molecular complexity index is 376. The Morgan fingerprint density at radius 3 is 2.69 bits per heavy atom. The summed E-state index contributed by atoms with van der Waals surface area (Å²) in [6, 6.07) is 0. The van der Waals surface area contributed by atoms with Crippen LogP contribution in [0.4, 0.5) is 5.82 Å². The van der Waals surface area contributed by atoms with Gasteiger partial charge in [0.2, 0.25) is 0 Å². The molecular formula is C11H17N3O2. The topological polar surface area (TPSA) is 56.3 Å². The van der Waals surface area contributed by atoms with Gasteiger partial charge in [0.1, 0.15) is 11.9 Å². The number of ether oxygens (including phenoxy) is 2. The van der Waals surface area contributed by atoms with Gasteiger partial charge in [-0.2, -0.15) is 0 Å². The van der Waals surface area contributed by atoms with E-state index in [4.69, 9.17) is 9.47 Å². The van der Waals surface area contributed by atoms with Crippen molar-refractivity contribution in [2.24, 2.45) is 0 Å². The van der Waals surface area contributed by atoms with Crippen molar-refractivity contribution in [1.82, 2.24) is 9.97 Å². The minimum atomic E-state index is -0.139. The highest BCUT2D eigenvalue weighted by molar-refractivity contribution is 5.44. The summed E-state index contributed by atoms with van der Waals surface area (Å²) in [5.41, 5.74) is 2.05. The molecule has 1 saturated heterocycles. The Labute approximate surface area is 95.2 Å². The zero-order valence-corrected chi connectivity index (χ0v) is 9.91. The second-order valence-electron chi connectivity index (χ2n) is 3.83. The van der Waals surface area contributed by atoms with Crippen molar-refractivity contribution in [3.8, 4) is 0 Å². The van der Waals surface area contributed by atoms with Crippen molar-refractivity contribution in [3.05, 3.63) is 17.1 Å². The van der Waals surface area contributed by atoms with E-state index in [0.29, 0.717) is 25.6 Å². The summed E-state index contributed by atoms with van der Waals surface area (Å²) in [6.45, 7) is 5.77. The molecule has 1 N–H and O–H groups in total. The molecule has 0 bridgehead atoms. The van der Waals surface area contributed by atoms with Gasteiger partial charge in [-0.15, -0.1) is 0 Å². The fourth-order valence-electron chi connectivity index (χ4n) is 1.67. The average molecular weight is 223 g/mol. The molecule has 1 aliphatic rings. The number of hydrogen-bond acceptors (Lipinski definition) is 5. The van der Waals surface area contributed by atoms with E-state index in [1.54, 1.807) is 0 Å². The van der Waals surface area contributed by atoms with Crippen LogP contribution in [0.2, 0.25) is 0 Å². The van der Waals surface area contributed by atoms with Crippen molar-refractivity contribution in [2.45, 2.75) is 20.0 Å². The number of aromatic nitrogens is 2. The lowest BCUT2D eigenvalue weighted by Gasteiger charge is -2.22. The standard InChI is InChI=1S/C11H17N3O2/c1-7-8(2)13-11(14-10(7)12-3)9-6-15-4-5-16-9/h9H,4-6H2,1-3H3,(H,12,13,14). The molecule has 1 aliphatic heterocycles. The van der Waals surface area contributed by atoms with Crippen LogP contribution in [0, 0.1) is 13.8 Å². The van der Waals surface area contributed by atoms with E-state index in [-0.39, 0.29) is 6.10 Å². The average Bonchev–Trinajstić information content (AvgIpc) is 2.33. The van der Waals surface area contributed by atoms with Crippen molar-refractivity contribution in [1.29, 1.82) is 0 Å². The van der Waals surface area contributed by atoms with Gasteiger partial charge in [-0.25, -0.2) is 9.97 Å². The Kier molecular flexibility index (Phi) is 3.36. The minimum absolute atomic E-state index is 0.139. The fourth-order valence-corrected chi connectivity index (χ4v) is 1.67. The first kappa shape index (κ1) is 11.3. The van der Waals surface area contributed by atoms with E-state index in [9.17, 15) is 0 Å². The smallest absolute Gasteiger partial charge is 0.162 e. The van der Waals surface area contributed by atoms with E-state index in [0.717, 1.165) is 17.1 Å². The van der Waals surface area contributed by atoms with Crippen molar-refractivity contribution in [3.63, 3.8) is 0 Å². The predicted molar refractivity (Wildman–Crippen MR) is 60.6 cm³/mol. The Balaban J connectivity index is 2.29. The van der Waals surface area contributed by atoms with Crippen LogP contribution < -0.4 is 5.32 Å². The highest BCUT2D eigenvalue weighted by Gasteiger charge is 2.21. The lowest BCUT2D eigenvalue weighted by atomic mass is 10.2. The molecule has 16 heavy (non-hydrogen) atoms. The number of anilines is 1. The Morgan fingerprint density at radius 2 is 2.06 bits per heavy atom. The van der Waals surface area contributed by atoms with Crippen LogP contribution in [-0.2, 0) is 9.47 Å². The summed E-state index contributed by atoms with van der Waals surface area (Å²) >= 11 is 0. The molecule has 2 heterocycles. The summed E-state index contributed by atoms with van der Waals surface area (Å²) in [6.07, 6.45) is -0.139. The van der Waals surface area contributed by atoms with Gasteiger partial charge in [0.15, 0.2) is 5.82 Å². The zero-order valence-electron chi connectivity index (χ0n) is 9.91. The SMILES string of the molecule is CNc1nc(C2COCCO2)nc(C)c1C. The monoisotopic (exact) mass is 223 g/mol. The van der Waals surface area contributed by atoms with E-state index in [1.165, 1.54) is 0 Å². The maximum atomic E-state index is 5.58. The van der Waals surface area contributed by atoms with Crippen LogP contribution >= 0.6 is 0 Å². The lowest BCUT2D eigenvalue weighted by molar-refractivity contribution is -0.0935. The molecule has 0 aromatic carbocycles. The van der Waals surface area contributed by atoms with Crippen LogP contribution in [0.15, 0.2) is 0 Å². The van der Waals surface area contributed by atoms with E-state index in [1.807, 2.05) is 20.9 Å². The van der Waals surface area contributed by atoms with E-state index in [2.05, 4.69) is 15.3 Å². The van der Waals surface area contributed by atoms with E-state index < -0.39 is 0 Å². The lowest BCUT2D eigenvalue weighted by Crippen LogP contribution is -2.24. The van der Waals surface area contributed by atoms with Crippen molar-refractivity contribution in [2.75, 3.05) is 32.2 Å². The third-order valence-electron chi connectivity index (χ3n) is 2.75. The number of aryl methyl sites for hydroxylation is 1. The molecule has 1 atom stereocenters. The van der Waals surface area contributed by atoms with E-state index >= 15 is 0 Å². The largest absolute Gasteiger partial charge is 0.376 e. The number of nitrogens with zero attached hydrogens (tertiary/aromatic N) is 2. The quantitative estimate of drug-likeness (QED) is 0.817. The van der Waals surface area contributed by atoms with Gasteiger partial charge >= 0.3 is 0 Å². The van der Waals surface area contributed by atoms with Crippen molar-refractivity contribution >= 4 is 5.82 Å². The number of rotatable bonds is 2. The summed E-state index contributed by atoms with van der Waals surface area (Å²) in [7, 11) is 1.86. The molecule has 5 heteroatoms. The summed E-state index contributed by atoms with van der Waals surface area (Å²) in [5, 5.41) is 3.07. The highest BCUT2D eigenvalue weighted by atomic mass is 16.6. The molecular weight excluding hydrogens is 206 g/mol. The first-order valence-electron chi connectivity index (χ1n) is 5.44. The summed E-state index contributed by atoms with van der Waals surface area (Å²) < 4.78 is 10.9. The van der Waals surface area contributed by atoms with Gasteiger partial charge in [-0.3, -0.25) is 0 Å². The Morgan fingerprint density at radius 1 is 1.25 bits per heavy atom. The predicted octanol–water partition coefficient (Wildman–Crippen LogP) is 1.22. The first-order valence-corrected chi connectivity index (χ1v) is 5.44. The maximum Gasteiger partial charge on any atom is 0.162 e. The molecule has 5 nitrogen and oxygen atoms in total. The van der Waals surface area contributed by atoms with Crippen LogP contribution in [-0.4, -0.2) is 36.8 Å². The normalized spacial score (nSPS) is 20.8. The van der Waals surface area contributed by atoms with Crippen LogP contribution in [0.1, 0.15) is 23.2 Å². The van der Waals surface area contributed by atoms with Crippen LogP contribution in [0.25, 0.3) is 0 Å². The molecule has 1 unspecified atom stereocenters. The molecule has 1 aromatic heterocycles. The maximum absolute atomic E-state index is 5.58. The molecule has 0 amide bonds. The molecule has 2 rings (SSSR count). The number of hydrogen-bond donors (Lipinski definition) is 1. The minimum Gasteiger partial charge on any atom is -0.376 e. The molecule has 1 fully saturated rings. The first-order chi connectivity index (χ1) is 7.72. The van der Waals surface area contributed by atoms with Gasteiger partial charge in [-0.05, 0) is 13.8 Å². The van der Waals surface area contributed by atoms with Crippen molar-refractivity contribution < 1.29 is 9.47 Å². The van der Waals surface area contributed by atoms with Gasteiger partial charge in [0, 0.05) is 18.3 Å². The van der Waals surface area contributed by atoms with Gasteiger partial charge in [-0.1, -0.05) is 0 Å². The molecule has 1 aromatic rings. The summed E-state index contributed by atoms with van der Waals surface area (Å²) in [4.78, 5) is 8.90.